The molecule has 0 atom stereocenters. The third kappa shape index (κ3) is 3.57. The molecule has 0 spiro atoms. The number of likely N-dealkylation sites (tertiary alicyclic amines) is 1. The molecule has 29 heavy (non-hydrogen) atoms. The highest BCUT2D eigenvalue weighted by molar-refractivity contribution is 6.35. The van der Waals surface area contributed by atoms with Gasteiger partial charge in [0.05, 0.1) is 10.7 Å². The van der Waals surface area contributed by atoms with Gasteiger partial charge in [-0.05, 0) is 73.3 Å². The molecule has 1 aromatic heterocycles. The third-order valence-electron chi connectivity index (χ3n) is 5.86. The van der Waals surface area contributed by atoms with E-state index in [2.05, 4.69) is 72.6 Å². The number of nitrogens with zero attached hydrogens (tertiary/aromatic N) is 3. The molecular formula is C25H24ClN3. The molecule has 4 heteroatoms. The van der Waals surface area contributed by atoms with E-state index in [-0.39, 0.29) is 0 Å². The van der Waals surface area contributed by atoms with Gasteiger partial charge in [0.25, 0.3) is 0 Å². The quantitative estimate of drug-likeness (QED) is 0.403. The number of aromatic nitrogens is 2. The molecule has 3 aromatic carbocycles. The van der Waals surface area contributed by atoms with Crippen LogP contribution < -0.4 is 0 Å². The van der Waals surface area contributed by atoms with Crippen molar-refractivity contribution >= 4 is 22.5 Å². The maximum absolute atomic E-state index is 6.62. The molecule has 0 N–H and O–H groups in total. The van der Waals surface area contributed by atoms with Crippen LogP contribution in [0.4, 0.5) is 0 Å². The van der Waals surface area contributed by atoms with Crippen LogP contribution in [0.25, 0.3) is 27.7 Å². The second kappa shape index (κ2) is 7.66. The van der Waals surface area contributed by atoms with Crippen LogP contribution in [-0.2, 0) is 6.54 Å². The minimum absolute atomic E-state index is 0.729. The van der Waals surface area contributed by atoms with Crippen LogP contribution in [0.1, 0.15) is 24.0 Å². The van der Waals surface area contributed by atoms with Crippen LogP contribution in [-0.4, -0.2) is 27.8 Å². The summed E-state index contributed by atoms with van der Waals surface area (Å²) in [6.07, 6.45) is 4.70. The molecule has 4 aromatic rings. The van der Waals surface area contributed by atoms with Crippen LogP contribution in [0, 0.1) is 6.92 Å². The lowest BCUT2D eigenvalue weighted by atomic mass is 9.99. The zero-order valence-electron chi connectivity index (χ0n) is 16.6. The summed E-state index contributed by atoms with van der Waals surface area (Å²) in [4.78, 5) is 2.50. The van der Waals surface area contributed by atoms with E-state index >= 15 is 0 Å². The maximum Gasteiger partial charge on any atom is 0.111 e. The van der Waals surface area contributed by atoms with E-state index in [0.29, 0.717) is 0 Å². The second-order valence-corrected chi connectivity index (χ2v) is 8.30. The zero-order chi connectivity index (χ0) is 19.8. The summed E-state index contributed by atoms with van der Waals surface area (Å²) in [7, 11) is 0. The van der Waals surface area contributed by atoms with Crippen molar-refractivity contribution in [3.05, 3.63) is 83.0 Å². The minimum atomic E-state index is 0.729. The number of fused-ring (bicyclic) bond motifs is 1. The van der Waals surface area contributed by atoms with Crippen LogP contribution >= 0.6 is 11.6 Å². The summed E-state index contributed by atoms with van der Waals surface area (Å²) in [5, 5.41) is 6.64. The fourth-order valence-electron chi connectivity index (χ4n) is 4.37. The van der Waals surface area contributed by atoms with Crippen LogP contribution in [0.2, 0.25) is 5.02 Å². The van der Waals surface area contributed by atoms with E-state index in [1.807, 2.05) is 10.7 Å². The molecule has 1 fully saturated rings. The van der Waals surface area contributed by atoms with Gasteiger partial charge in [-0.1, -0.05) is 54.1 Å². The zero-order valence-corrected chi connectivity index (χ0v) is 17.4. The van der Waals surface area contributed by atoms with Crippen molar-refractivity contribution in [2.75, 3.05) is 13.1 Å². The summed E-state index contributed by atoms with van der Waals surface area (Å²) >= 11 is 6.62. The molecule has 0 aliphatic carbocycles. The van der Waals surface area contributed by atoms with Gasteiger partial charge in [0.15, 0.2) is 0 Å². The Morgan fingerprint density at radius 2 is 1.76 bits per heavy atom. The SMILES string of the molecule is Cc1c(-c2ccccc2)cccc1-n1cc2cc(CN3CCCC3)cc(Cl)c2n1. The standard InChI is InChI=1S/C25H24ClN3/c1-18-22(20-8-3-2-4-9-20)10-7-11-24(18)29-17-21-14-19(15-23(26)25(21)27-29)16-28-12-5-6-13-28/h2-4,7-11,14-15,17H,5-6,12-13,16H2,1H3. The van der Waals surface area contributed by atoms with Crippen molar-refractivity contribution in [1.82, 2.24) is 14.7 Å². The molecule has 2 heterocycles. The average Bonchev–Trinajstić information content (AvgIpc) is 3.39. The fraction of sp³-hybridized carbons (Fsp3) is 0.240. The van der Waals surface area contributed by atoms with E-state index in [9.17, 15) is 0 Å². The van der Waals surface area contributed by atoms with Gasteiger partial charge in [-0.25, -0.2) is 4.68 Å². The summed E-state index contributed by atoms with van der Waals surface area (Å²) in [6.45, 7) is 5.48. The molecule has 1 saturated heterocycles. The smallest absolute Gasteiger partial charge is 0.111 e. The summed E-state index contributed by atoms with van der Waals surface area (Å²) in [5.41, 5.74) is 6.86. The van der Waals surface area contributed by atoms with Gasteiger partial charge in [0.2, 0.25) is 0 Å². The van der Waals surface area contributed by atoms with Crippen LogP contribution in [0.15, 0.2) is 66.9 Å². The van der Waals surface area contributed by atoms with Crippen LogP contribution in [0.3, 0.4) is 0 Å². The van der Waals surface area contributed by atoms with Crippen molar-refractivity contribution in [3.8, 4) is 16.8 Å². The van der Waals surface area contributed by atoms with Crippen molar-refractivity contribution in [3.63, 3.8) is 0 Å². The first-order chi connectivity index (χ1) is 14.2. The van der Waals surface area contributed by atoms with Gasteiger partial charge < -0.3 is 0 Å². The predicted molar refractivity (Wildman–Crippen MR) is 121 cm³/mol. The number of hydrogen-bond donors (Lipinski definition) is 0. The normalized spacial score (nSPS) is 14.7. The predicted octanol–water partition coefficient (Wildman–Crippen LogP) is 6.25. The summed E-state index contributed by atoms with van der Waals surface area (Å²) < 4.78 is 1.97. The molecule has 1 aliphatic rings. The Hall–Kier alpha value is -2.62. The molecule has 3 nitrogen and oxygen atoms in total. The fourth-order valence-corrected chi connectivity index (χ4v) is 4.65. The van der Waals surface area contributed by atoms with E-state index in [4.69, 9.17) is 16.7 Å². The number of rotatable bonds is 4. The van der Waals surface area contributed by atoms with Gasteiger partial charge in [-0.3, -0.25) is 4.90 Å². The minimum Gasteiger partial charge on any atom is -0.299 e. The Morgan fingerprint density at radius 1 is 0.966 bits per heavy atom. The second-order valence-electron chi connectivity index (χ2n) is 7.89. The first-order valence-corrected chi connectivity index (χ1v) is 10.6. The molecule has 0 bridgehead atoms. The molecule has 0 unspecified atom stereocenters. The Bertz CT molecular complexity index is 1160. The molecule has 0 amide bonds. The Kier molecular flexibility index (Phi) is 4.86. The lowest BCUT2D eigenvalue weighted by Crippen LogP contribution is -2.18. The maximum atomic E-state index is 6.62. The lowest BCUT2D eigenvalue weighted by Gasteiger charge is -2.14. The molecule has 0 radical (unpaired) electrons. The van der Waals surface area contributed by atoms with E-state index in [1.165, 1.54) is 48.2 Å². The Balaban J connectivity index is 1.55. The van der Waals surface area contributed by atoms with E-state index < -0.39 is 0 Å². The van der Waals surface area contributed by atoms with Gasteiger partial charge in [0.1, 0.15) is 5.52 Å². The monoisotopic (exact) mass is 401 g/mol. The van der Waals surface area contributed by atoms with E-state index in [0.717, 1.165) is 28.2 Å². The molecule has 1 aliphatic heterocycles. The highest BCUT2D eigenvalue weighted by Gasteiger charge is 2.15. The largest absolute Gasteiger partial charge is 0.299 e. The molecule has 146 valence electrons. The highest BCUT2D eigenvalue weighted by Crippen LogP contribution is 2.30. The Morgan fingerprint density at radius 3 is 2.55 bits per heavy atom. The van der Waals surface area contributed by atoms with Crippen LogP contribution in [0.5, 0.6) is 0 Å². The van der Waals surface area contributed by atoms with Gasteiger partial charge in [-0.2, -0.15) is 5.10 Å². The van der Waals surface area contributed by atoms with E-state index in [1.54, 1.807) is 0 Å². The number of benzene rings is 3. The lowest BCUT2D eigenvalue weighted by molar-refractivity contribution is 0.331. The van der Waals surface area contributed by atoms with Crippen molar-refractivity contribution in [1.29, 1.82) is 0 Å². The molecular weight excluding hydrogens is 378 g/mol. The topological polar surface area (TPSA) is 21.1 Å². The highest BCUT2D eigenvalue weighted by atomic mass is 35.5. The summed E-state index contributed by atoms with van der Waals surface area (Å²) in [6, 6.07) is 21.2. The van der Waals surface area contributed by atoms with Crippen molar-refractivity contribution < 1.29 is 0 Å². The van der Waals surface area contributed by atoms with Crippen molar-refractivity contribution in [2.45, 2.75) is 26.3 Å². The van der Waals surface area contributed by atoms with Gasteiger partial charge in [0, 0.05) is 18.1 Å². The number of hydrogen-bond acceptors (Lipinski definition) is 2. The first kappa shape index (κ1) is 18.4. The third-order valence-corrected chi connectivity index (χ3v) is 6.15. The average molecular weight is 402 g/mol. The van der Waals surface area contributed by atoms with Crippen molar-refractivity contribution in [2.24, 2.45) is 0 Å². The van der Waals surface area contributed by atoms with Gasteiger partial charge >= 0.3 is 0 Å². The number of halogens is 1. The first-order valence-electron chi connectivity index (χ1n) is 10.2. The van der Waals surface area contributed by atoms with Gasteiger partial charge in [-0.15, -0.1) is 0 Å². The summed E-state index contributed by atoms with van der Waals surface area (Å²) in [5.74, 6) is 0. The molecule has 5 rings (SSSR count). The molecule has 0 saturated carbocycles. The Labute approximate surface area is 176 Å².